The van der Waals surface area contributed by atoms with E-state index in [1.807, 2.05) is 22.6 Å². The van der Waals surface area contributed by atoms with Crippen LogP contribution in [0.1, 0.15) is 29.1 Å². The molecule has 2 aromatic heterocycles. The average molecular weight is 555 g/mol. The highest BCUT2D eigenvalue weighted by Gasteiger charge is 2.23. The van der Waals surface area contributed by atoms with Gasteiger partial charge < -0.3 is 9.47 Å². The number of nitrogens with one attached hydrogen (secondary N) is 3. The van der Waals surface area contributed by atoms with E-state index in [0.717, 1.165) is 11.3 Å². The first-order valence-electron chi connectivity index (χ1n) is 8.19. The SMILES string of the molecule is CCOC(=O)c1csc(C)c1NS(=O)(=O)NC(=O)Nc1nc(I)cc(OCC)n1. The maximum absolute atomic E-state index is 12.3. The number of ether oxygens (including phenoxy) is 2. The second kappa shape index (κ2) is 10.0. The van der Waals surface area contributed by atoms with Crippen LogP contribution in [-0.2, 0) is 14.9 Å². The maximum Gasteiger partial charge on any atom is 0.341 e. The van der Waals surface area contributed by atoms with Crippen molar-refractivity contribution in [3.63, 3.8) is 0 Å². The molecule has 0 unspecified atom stereocenters. The lowest BCUT2D eigenvalue weighted by molar-refractivity contribution is 0.0528. The van der Waals surface area contributed by atoms with Crippen LogP contribution in [0.4, 0.5) is 16.4 Å². The number of aromatic nitrogens is 2. The van der Waals surface area contributed by atoms with Crippen LogP contribution in [0.5, 0.6) is 5.88 Å². The van der Waals surface area contributed by atoms with Gasteiger partial charge in [-0.2, -0.15) is 13.4 Å². The third kappa shape index (κ3) is 6.67. The smallest absolute Gasteiger partial charge is 0.341 e. The minimum atomic E-state index is -4.35. The average Bonchev–Trinajstić information content (AvgIpc) is 2.94. The topological polar surface area (TPSA) is 149 Å². The molecule has 3 N–H and O–H groups in total. The molecule has 158 valence electrons. The highest BCUT2D eigenvalue weighted by Crippen LogP contribution is 2.28. The molecule has 29 heavy (non-hydrogen) atoms. The molecule has 0 radical (unpaired) electrons. The van der Waals surface area contributed by atoms with Gasteiger partial charge in [0.2, 0.25) is 11.8 Å². The van der Waals surface area contributed by atoms with Gasteiger partial charge in [0.1, 0.15) is 3.70 Å². The standard InChI is InChI=1S/C15H18IN5O6S2/c1-4-26-11-6-10(16)17-14(18-11)19-15(23)21-29(24,25)20-12-8(3)28-7-9(12)13(22)27-5-2/h6-7,20H,4-5H2,1-3H3,(H2,17,18,19,21,23). The van der Waals surface area contributed by atoms with Gasteiger partial charge in [0.15, 0.2) is 0 Å². The molecular weight excluding hydrogens is 537 g/mol. The van der Waals surface area contributed by atoms with E-state index >= 15 is 0 Å². The summed E-state index contributed by atoms with van der Waals surface area (Å²) in [5.41, 5.74) is 0.0975. The van der Waals surface area contributed by atoms with Crippen LogP contribution in [0.15, 0.2) is 11.4 Å². The Labute approximate surface area is 184 Å². The number of nitrogens with zero attached hydrogens (tertiary/aromatic N) is 2. The minimum absolute atomic E-state index is 0.0397. The number of aryl methyl sites for hydroxylation is 1. The van der Waals surface area contributed by atoms with E-state index < -0.39 is 22.2 Å². The summed E-state index contributed by atoms with van der Waals surface area (Å²) >= 11 is 3.07. The molecule has 0 aliphatic carbocycles. The first kappa shape index (κ1) is 23.1. The molecule has 2 aromatic rings. The Morgan fingerprint density at radius 3 is 2.62 bits per heavy atom. The zero-order chi connectivity index (χ0) is 21.6. The van der Waals surface area contributed by atoms with E-state index in [9.17, 15) is 18.0 Å². The van der Waals surface area contributed by atoms with Crippen molar-refractivity contribution in [3.05, 3.63) is 25.6 Å². The van der Waals surface area contributed by atoms with Crippen LogP contribution < -0.4 is 19.5 Å². The number of amides is 2. The largest absolute Gasteiger partial charge is 0.478 e. The van der Waals surface area contributed by atoms with E-state index in [2.05, 4.69) is 20.0 Å². The van der Waals surface area contributed by atoms with Crippen LogP contribution in [0.3, 0.4) is 0 Å². The van der Waals surface area contributed by atoms with Gasteiger partial charge in [-0.1, -0.05) is 0 Å². The van der Waals surface area contributed by atoms with Gasteiger partial charge in [0, 0.05) is 16.3 Å². The Kier molecular flexibility index (Phi) is 7.97. The van der Waals surface area contributed by atoms with E-state index in [4.69, 9.17) is 9.47 Å². The van der Waals surface area contributed by atoms with Crippen LogP contribution in [0.25, 0.3) is 0 Å². The molecule has 0 saturated carbocycles. The normalized spacial score (nSPS) is 10.9. The summed E-state index contributed by atoms with van der Waals surface area (Å²) in [4.78, 5) is 32.5. The highest BCUT2D eigenvalue weighted by molar-refractivity contribution is 14.1. The molecule has 0 aromatic carbocycles. The van der Waals surface area contributed by atoms with Crippen molar-refractivity contribution in [1.82, 2.24) is 14.7 Å². The molecule has 0 saturated heterocycles. The Bertz CT molecular complexity index is 1010. The number of rotatable bonds is 8. The van der Waals surface area contributed by atoms with Gasteiger partial charge in [-0.25, -0.2) is 19.3 Å². The van der Waals surface area contributed by atoms with Crippen LogP contribution >= 0.6 is 33.9 Å². The maximum atomic E-state index is 12.3. The van der Waals surface area contributed by atoms with Crippen molar-refractivity contribution in [3.8, 4) is 5.88 Å². The second-order valence-corrected chi connectivity index (χ2v) is 8.85. The first-order chi connectivity index (χ1) is 13.6. The van der Waals surface area contributed by atoms with Crippen molar-refractivity contribution in [2.24, 2.45) is 0 Å². The van der Waals surface area contributed by atoms with Gasteiger partial charge in [0.05, 0.1) is 24.5 Å². The van der Waals surface area contributed by atoms with E-state index in [1.165, 1.54) is 5.38 Å². The number of halogens is 1. The number of thiophene rings is 1. The second-order valence-electron chi connectivity index (χ2n) is 5.25. The number of anilines is 2. The molecule has 0 fully saturated rings. The van der Waals surface area contributed by atoms with Gasteiger partial charge in [-0.3, -0.25) is 10.0 Å². The van der Waals surface area contributed by atoms with Crippen LogP contribution in [0, 0.1) is 10.6 Å². The Balaban J connectivity index is 2.11. The molecule has 0 aliphatic heterocycles. The minimum Gasteiger partial charge on any atom is -0.478 e. The molecule has 14 heteroatoms. The fraction of sp³-hybridized carbons (Fsp3) is 0.333. The van der Waals surface area contributed by atoms with Gasteiger partial charge in [0.25, 0.3) is 0 Å². The number of urea groups is 1. The molecule has 0 spiro atoms. The summed E-state index contributed by atoms with van der Waals surface area (Å²) in [5, 5.41) is 3.70. The molecule has 0 aliphatic rings. The van der Waals surface area contributed by atoms with Crippen LogP contribution in [0.2, 0.25) is 0 Å². The summed E-state index contributed by atoms with van der Waals surface area (Å²) < 4.78 is 39.2. The summed E-state index contributed by atoms with van der Waals surface area (Å²) in [6.45, 7) is 5.53. The van der Waals surface area contributed by atoms with Crippen molar-refractivity contribution in [2.45, 2.75) is 20.8 Å². The predicted molar refractivity (Wildman–Crippen MR) is 116 cm³/mol. The van der Waals surface area contributed by atoms with Crippen molar-refractivity contribution in [1.29, 1.82) is 0 Å². The Hall–Kier alpha value is -2.20. The zero-order valence-electron chi connectivity index (χ0n) is 15.6. The quantitative estimate of drug-likeness (QED) is 0.256. The zero-order valence-corrected chi connectivity index (χ0v) is 19.4. The van der Waals surface area contributed by atoms with Crippen LogP contribution in [-0.4, -0.2) is 43.6 Å². The molecule has 11 nitrogen and oxygen atoms in total. The fourth-order valence-electron chi connectivity index (χ4n) is 2.02. The summed E-state index contributed by atoms with van der Waals surface area (Å²) in [6.07, 6.45) is 0. The Morgan fingerprint density at radius 2 is 1.97 bits per heavy atom. The molecule has 2 rings (SSSR count). The molecule has 0 atom stereocenters. The number of esters is 1. The van der Waals surface area contributed by atoms with E-state index in [-0.39, 0.29) is 29.7 Å². The van der Waals surface area contributed by atoms with Gasteiger partial charge >= 0.3 is 22.2 Å². The van der Waals surface area contributed by atoms with E-state index in [0.29, 0.717) is 15.2 Å². The van der Waals surface area contributed by atoms with Crippen molar-refractivity contribution < 1.29 is 27.5 Å². The van der Waals surface area contributed by atoms with Crippen molar-refractivity contribution >= 4 is 67.8 Å². The van der Waals surface area contributed by atoms with Gasteiger partial charge in [-0.05, 0) is 43.4 Å². The van der Waals surface area contributed by atoms with Crippen molar-refractivity contribution in [2.75, 3.05) is 23.3 Å². The lowest BCUT2D eigenvalue weighted by Gasteiger charge is -2.12. The lowest BCUT2D eigenvalue weighted by Crippen LogP contribution is -2.39. The third-order valence-electron chi connectivity index (χ3n) is 3.12. The molecular formula is C15H18IN5O6S2. The fourth-order valence-corrected chi connectivity index (χ4v) is 4.25. The summed E-state index contributed by atoms with van der Waals surface area (Å²) in [6, 6.07) is 0.467. The Morgan fingerprint density at radius 1 is 1.24 bits per heavy atom. The molecule has 2 amide bonds. The number of hydrogen-bond acceptors (Lipinski definition) is 9. The predicted octanol–water partition coefficient (Wildman–Crippen LogP) is 2.50. The number of hydrogen-bond donors (Lipinski definition) is 3. The number of carbonyl (C=O) groups excluding carboxylic acids is 2. The number of carbonyl (C=O) groups is 2. The lowest BCUT2D eigenvalue weighted by atomic mass is 10.2. The molecule has 0 bridgehead atoms. The molecule has 2 heterocycles. The van der Waals surface area contributed by atoms with E-state index in [1.54, 1.807) is 31.6 Å². The summed E-state index contributed by atoms with van der Waals surface area (Å²) in [7, 11) is -4.35. The monoisotopic (exact) mass is 555 g/mol. The highest BCUT2D eigenvalue weighted by atomic mass is 127. The van der Waals surface area contributed by atoms with Gasteiger partial charge in [-0.15, -0.1) is 11.3 Å². The summed E-state index contributed by atoms with van der Waals surface area (Å²) in [5.74, 6) is -0.571. The third-order valence-corrected chi connectivity index (χ3v) is 5.51. The first-order valence-corrected chi connectivity index (χ1v) is 11.6.